The summed E-state index contributed by atoms with van der Waals surface area (Å²) in [6.45, 7) is 6.80. The van der Waals surface area contributed by atoms with E-state index in [1.165, 1.54) is 24.0 Å². The fourth-order valence-electron chi connectivity index (χ4n) is 2.58. The molecule has 0 aromatic carbocycles. The van der Waals surface area contributed by atoms with Crippen molar-refractivity contribution in [2.75, 3.05) is 0 Å². The lowest BCUT2D eigenvalue weighted by molar-refractivity contribution is 0.471. The smallest absolute Gasteiger partial charge is 0.00896 e. The molecule has 15 heavy (non-hydrogen) atoms. The van der Waals surface area contributed by atoms with Gasteiger partial charge in [0, 0.05) is 5.70 Å². The second kappa shape index (κ2) is 3.55. The van der Waals surface area contributed by atoms with E-state index in [0.717, 1.165) is 12.1 Å². The molecule has 2 aliphatic rings. The molecule has 2 N–H and O–H groups in total. The predicted octanol–water partition coefficient (Wildman–Crippen LogP) is 3.54. The van der Waals surface area contributed by atoms with Gasteiger partial charge in [0.05, 0.1) is 0 Å². The highest BCUT2D eigenvalue weighted by atomic mass is 14.6. The first-order valence-electron chi connectivity index (χ1n) is 5.86. The van der Waals surface area contributed by atoms with Crippen LogP contribution in [0.1, 0.15) is 40.0 Å². The lowest BCUT2D eigenvalue weighted by Gasteiger charge is -2.33. The average Bonchev–Trinajstić information content (AvgIpc) is 2.15. The van der Waals surface area contributed by atoms with Gasteiger partial charge in [-0.25, -0.2) is 0 Å². The van der Waals surface area contributed by atoms with Crippen LogP contribution in [0.15, 0.2) is 35.1 Å². The molecule has 0 aliphatic heterocycles. The zero-order valence-electron chi connectivity index (χ0n) is 10.0. The molecule has 0 saturated carbocycles. The maximum atomic E-state index is 6.03. The molecule has 1 nitrogen and oxygen atoms in total. The molecule has 0 bridgehead atoms. The monoisotopic (exact) mass is 203 g/mol. The van der Waals surface area contributed by atoms with E-state index in [-0.39, 0.29) is 5.41 Å². The summed E-state index contributed by atoms with van der Waals surface area (Å²) in [5.74, 6) is 0.675. The van der Waals surface area contributed by atoms with Gasteiger partial charge in [0.25, 0.3) is 0 Å². The summed E-state index contributed by atoms with van der Waals surface area (Å²) >= 11 is 0. The predicted molar refractivity (Wildman–Crippen MR) is 65.2 cm³/mol. The van der Waals surface area contributed by atoms with Gasteiger partial charge in [0.2, 0.25) is 0 Å². The van der Waals surface area contributed by atoms with Gasteiger partial charge in [-0.3, -0.25) is 0 Å². The first kappa shape index (κ1) is 10.5. The molecule has 0 heterocycles. The molecular formula is C14H21N. The highest BCUT2D eigenvalue weighted by molar-refractivity contribution is 5.44. The normalized spacial score (nSPS) is 26.3. The summed E-state index contributed by atoms with van der Waals surface area (Å²) in [6, 6.07) is 0. The van der Waals surface area contributed by atoms with Crippen LogP contribution in [0, 0.1) is 11.3 Å². The third-order valence-corrected chi connectivity index (χ3v) is 3.35. The lowest BCUT2D eigenvalue weighted by Crippen LogP contribution is -2.22. The SMILES string of the molecule is CC(C)(C)C1=C2C=CCCC2CC(N)=C1. The number of hydrogen-bond donors (Lipinski definition) is 1. The van der Waals surface area contributed by atoms with E-state index in [1.54, 1.807) is 0 Å². The van der Waals surface area contributed by atoms with Crippen LogP contribution in [0.4, 0.5) is 0 Å². The summed E-state index contributed by atoms with van der Waals surface area (Å²) in [7, 11) is 0. The molecule has 1 atom stereocenters. The number of rotatable bonds is 0. The largest absolute Gasteiger partial charge is 0.402 e. The average molecular weight is 203 g/mol. The number of allylic oxidation sites excluding steroid dienone is 6. The van der Waals surface area contributed by atoms with Crippen molar-refractivity contribution in [2.45, 2.75) is 40.0 Å². The van der Waals surface area contributed by atoms with E-state index in [4.69, 9.17) is 5.73 Å². The quantitative estimate of drug-likeness (QED) is 0.640. The number of fused-ring (bicyclic) bond motifs is 1. The van der Waals surface area contributed by atoms with Gasteiger partial charge in [0.15, 0.2) is 0 Å². The van der Waals surface area contributed by atoms with Crippen molar-refractivity contribution in [3.8, 4) is 0 Å². The zero-order valence-corrected chi connectivity index (χ0v) is 10.0. The van der Waals surface area contributed by atoms with Crippen molar-refractivity contribution in [1.29, 1.82) is 0 Å². The Morgan fingerprint density at radius 3 is 2.73 bits per heavy atom. The van der Waals surface area contributed by atoms with Crippen molar-refractivity contribution in [3.63, 3.8) is 0 Å². The first-order chi connectivity index (χ1) is 6.98. The lowest BCUT2D eigenvalue weighted by atomic mass is 9.72. The van der Waals surface area contributed by atoms with E-state index >= 15 is 0 Å². The molecular weight excluding hydrogens is 182 g/mol. The Hall–Kier alpha value is -0.980. The molecule has 0 aromatic rings. The van der Waals surface area contributed by atoms with Crippen LogP contribution >= 0.6 is 0 Å². The van der Waals surface area contributed by atoms with Gasteiger partial charge in [-0.1, -0.05) is 32.9 Å². The molecule has 0 radical (unpaired) electrons. The summed E-state index contributed by atoms with van der Waals surface area (Å²) in [5, 5.41) is 0. The standard InChI is InChI=1S/C14H21N/c1-14(2,3)13-9-11(15)8-10-6-4-5-7-12(10)13/h5,7,9-10H,4,6,8,15H2,1-3H3. The maximum absolute atomic E-state index is 6.03. The van der Waals surface area contributed by atoms with E-state index in [0.29, 0.717) is 5.92 Å². The van der Waals surface area contributed by atoms with Gasteiger partial charge in [-0.05, 0) is 47.8 Å². The van der Waals surface area contributed by atoms with Gasteiger partial charge in [-0.15, -0.1) is 0 Å². The van der Waals surface area contributed by atoms with Crippen LogP contribution in [-0.2, 0) is 0 Å². The molecule has 2 rings (SSSR count). The van der Waals surface area contributed by atoms with Crippen molar-refractivity contribution in [2.24, 2.45) is 17.1 Å². The third-order valence-electron chi connectivity index (χ3n) is 3.35. The summed E-state index contributed by atoms with van der Waals surface area (Å²) in [6.07, 6.45) is 10.3. The Labute approximate surface area is 92.7 Å². The fraction of sp³-hybridized carbons (Fsp3) is 0.571. The van der Waals surface area contributed by atoms with Gasteiger partial charge < -0.3 is 5.73 Å². The van der Waals surface area contributed by atoms with Gasteiger partial charge >= 0.3 is 0 Å². The Morgan fingerprint density at radius 2 is 2.07 bits per heavy atom. The van der Waals surface area contributed by atoms with Crippen molar-refractivity contribution >= 4 is 0 Å². The van der Waals surface area contributed by atoms with E-state index < -0.39 is 0 Å². The topological polar surface area (TPSA) is 26.0 Å². The molecule has 1 unspecified atom stereocenters. The molecule has 0 amide bonds. The molecule has 0 aromatic heterocycles. The number of nitrogens with two attached hydrogens (primary N) is 1. The van der Waals surface area contributed by atoms with Crippen LogP contribution in [0.25, 0.3) is 0 Å². The maximum Gasteiger partial charge on any atom is 0.00896 e. The fourth-order valence-corrected chi connectivity index (χ4v) is 2.58. The second-order valence-electron chi connectivity index (χ2n) is 5.72. The molecule has 0 saturated heterocycles. The van der Waals surface area contributed by atoms with Crippen LogP contribution in [0.2, 0.25) is 0 Å². The summed E-state index contributed by atoms with van der Waals surface area (Å²) in [5.41, 5.74) is 10.3. The van der Waals surface area contributed by atoms with Crippen LogP contribution in [0.5, 0.6) is 0 Å². The van der Waals surface area contributed by atoms with Crippen LogP contribution in [-0.4, -0.2) is 0 Å². The summed E-state index contributed by atoms with van der Waals surface area (Å²) < 4.78 is 0. The molecule has 1 heteroatoms. The van der Waals surface area contributed by atoms with Crippen molar-refractivity contribution in [1.82, 2.24) is 0 Å². The minimum Gasteiger partial charge on any atom is -0.402 e. The van der Waals surface area contributed by atoms with Crippen molar-refractivity contribution in [3.05, 3.63) is 35.1 Å². The van der Waals surface area contributed by atoms with Crippen LogP contribution < -0.4 is 5.73 Å². The Bertz CT molecular complexity index is 350. The second-order valence-corrected chi connectivity index (χ2v) is 5.72. The Kier molecular flexibility index (Phi) is 2.49. The van der Waals surface area contributed by atoms with Crippen LogP contribution in [0.3, 0.4) is 0 Å². The third kappa shape index (κ3) is 2.01. The Morgan fingerprint density at radius 1 is 1.33 bits per heavy atom. The summed E-state index contributed by atoms with van der Waals surface area (Å²) in [4.78, 5) is 0. The van der Waals surface area contributed by atoms with E-state index in [2.05, 4.69) is 39.0 Å². The van der Waals surface area contributed by atoms with Gasteiger partial charge in [0.1, 0.15) is 0 Å². The molecule has 2 aliphatic carbocycles. The zero-order chi connectivity index (χ0) is 11.1. The first-order valence-corrected chi connectivity index (χ1v) is 5.86. The minimum absolute atomic E-state index is 0.209. The molecule has 82 valence electrons. The van der Waals surface area contributed by atoms with Gasteiger partial charge in [-0.2, -0.15) is 0 Å². The highest BCUT2D eigenvalue weighted by Crippen LogP contribution is 2.41. The minimum atomic E-state index is 0.209. The molecule has 0 fully saturated rings. The number of hydrogen-bond acceptors (Lipinski definition) is 1. The van der Waals surface area contributed by atoms with Crippen molar-refractivity contribution < 1.29 is 0 Å². The molecule has 0 spiro atoms. The highest BCUT2D eigenvalue weighted by Gasteiger charge is 2.28. The van der Waals surface area contributed by atoms with E-state index in [9.17, 15) is 0 Å². The van der Waals surface area contributed by atoms with E-state index in [1.807, 2.05) is 0 Å². The Balaban J connectivity index is 2.49.